The van der Waals surface area contributed by atoms with Crippen LogP contribution in [-0.4, -0.2) is 30.9 Å². The molecule has 0 fully saturated rings. The van der Waals surface area contributed by atoms with Gasteiger partial charge < -0.3 is 14.8 Å². The molecule has 2 aliphatic rings. The Morgan fingerprint density at radius 2 is 1.94 bits per heavy atom. The smallest absolute Gasteiger partial charge is 0.337 e. The van der Waals surface area contributed by atoms with Crippen molar-refractivity contribution in [3.63, 3.8) is 0 Å². The second-order valence-electron chi connectivity index (χ2n) is 8.33. The molecule has 1 aromatic carbocycles. The molecule has 0 aromatic heterocycles. The minimum absolute atomic E-state index is 0.253. The number of esters is 2. The number of allylic oxidation sites excluding steroid dienone is 3. The Kier molecular flexibility index (Phi) is 7.36. The largest absolute Gasteiger partial charge is 0.468 e. The molecule has 3 rings (SSSR count). The first kappa shape index (κ1) is 24.3. The van der Waals surface area contributed by atoms with Gasteiger partial charge in [-0.3, -0.25) is 9.59 Å². The number of carbonyl (C=O) groups is 3. The van der Waals surface area contributed by atoms with Crippen LogP contribution in [0.5, 0.6) is 0 Å². The summed E-state index contributed by atoms with van der Waals surface area (Å²) in [5.41, 5.74) is 2.59. The number of ketones is 1. The van der Waals surface area contributed by atoms with Crippen LogP contribution in [-0.2, 0) is 23.9 Å². The molecular weight excluding hydrogens is 453 g/mol. The zero-order valence-corrected chi connectivity index (χ0v) is 20.3. The number of rotatable bonds is 5. The van der Waals surface area contributed by atoms with Crippen LogP contribution in [0.3, 0.4) is 0 Å². The number of Topliss-reactive ketones (excluding diaryl/α,β-unsaturated/α-hetero) is 1. The molecule has 0 saturated carbocycles. The third-order valence-electron chi connectivity index (χ3n) is 6.12. The van der Waals surface area contributed by atoms with E-state index in [4.69, 9.17) is 32.7 Å². The molecule has 0 spiro atoms. The maximum absolute atomic E-state index is 13.6. The highest BCUT2D eigenvalue weighted by Gasteiger charge is 2.47. The molecule has 1 heterocycles. The third-order valence-corrected chi connectivity index (χ3v) is 6.86. The summed E-state index contributed by atoms with van der Waals surface area (Å²) in [7, 11) is 1.26. The molecule has 1 N–H and O–H groups in total. The highest BCUT2D eigenvalue weighted by Crippen LogP contribution is 2.46. The molecule has 0 bridgehead atoms. The van der Waals surface area contributed by atoms with Gasteiger partial charge in [-0.25, -0.2) is 4.79 Å². The Morgan fingerprint density at radius 1 is 1.25 bits per heavy atom. The number of dihydropyridines is 1. The van der Waals surface area contributed by atoms with Gasteiger partial charge in [-0.15, -0.1) is 0 Å². The monoisotopic (exact) mass is 479 g/mol. The minimum Gasteiger partial charge on any atom is -0.468 e. The van der Waals surface area contributed by atoms with E-state index in [2.05, 4.69) is 5.32 Å². The van der Waals surface area contributed by atoms with Crippen LogP contribution in [0.2, 0.25) is 10.0 Å². The van der Waals surface area contributed by atoms with E-state index in [1.807, 2.05) is 20.8 Å². The van der Waals surface area contributed by atoms with Crippen molar-refractivity contribution in [3.05, 3.63) is 56.3 Å². The van der Waals surface area contributed by atoms with Crippen molar-refractivity contribution in [3.8, 4) is 0 Å². The molecule has 1 aliphatic carbocycles. The summed E-state index contributed by atoms with van der Waals surface area (Å²) < 4.78 is 10.5. The van der Waals surface area contributed by atoms with Crippen molar-refractivity contribution in [2.24, 2.45) is 11.8 Å². The highest BCUT2D eigenvalue weighted by molar-refractivity contribution is 6.42. The number of nitrogens with one attached hydrogen (secondary N) is 1. The molecule has 1 aliphatic heterocycles. The van der Waals surface area contributed by atoms with Gasteiger partial charge in [-0.2, -0.15) is 0 Å². The van der Waals surface area contributed by atoms with E-state index < -0.39 is 23.8 Å². The molecule has 8 heteroatoms. The van der Waals surface area contributed by atoms with Crippen molar-refractivity contribution in [2.75, 3.05) is 7.11 Å². The zero-order chi connectivity index (χ0) is 23.7. The number of halogens is 2. The first-order chi connectivity index (χ1) is 15.1. The Bertz CT molecular complexity index is 1030. The van der Waals surface area contributed by atoms with Crippen LogP contribution in [0.25, 0.3) is 0 Å². The second kappa shape index (κ2) is 9.67. The van der Waals surface area contributed by atoms with Crippen LogP contribution in [0.1, 0.15) is 52.0 Å². The second-order valence-corrected chi connectivity index (χ2v) is 9.15. The molecule has 32 heavy (non-hydrogen) atoms. The summed E-state index contributed by atoms with van der Waals surface area (Å²) in [6.45, 7) is 7.35. The number of ether oxygens (including phenoxy) is 2. The maximum atomic E-state index is 13.6. The number of hydrogen-bond acceptors (Lipinski definition) is 6. The summed E-state index contributed by atoms with van der Waals surface area (Å²) in [5, 5.41) is 3.90. The van der Waals surface area contributed by atoms with E-state index in [0.717, 1.165) is 0 Å². The zero-order valence-electron chi connectivity index (χ0n) is 18.8. The van der Waals surface area contributed by atoms with Crippen LogP contribution in [0, 0.1) is 11.8 Å². The van der Waals surface area contributed by atoms with E-state index in [1.54, 1.807) is 25.1 Å². The Balaban J connectivity index is 2.19. The SMILES string of the molecule is CC[C@H](C)OC(=O)C1=C(C)NC2=C(C(=O)[C@H](C(=O)OC)[C@H](C)C2)[C@@H]1c1ccc(Cl)c(Cl)c1. The summed E-state index contributed by atoms with van der Waals surface area (Å²) in [6.07, 6.45) is 0.819. The van der Waals surface area contributed by atoms with Crippen molar-refractivity contribution in [2.45, 2.75) is 52.6 Å². The van der Waals surface area contributed by atoms with Gasteiger partial charge in [-0.05, 0) is 50.3 Å². The Morgan fingerprint density at radius 3 is 2.53 bits per heavy atom. The van der Waals surface area contributed by atoms with Gasteiger partial charge in [0.15, 0.2) is 5.78 Å². The predicted molar refractivity (Wildman–Crippen MR) is 122 cm³/mol. The van der Waals surface area contributed by atoms with Gasteiger partial charge in [0.05, 0.1) is 28.8 Å². The van der Waals surface area contributed by atoms with Crippen LogP contribution < -0.4 is 5.32 Å². The Hall–Kier alpha value is -2.31. The lowest BCUT2D eigenvalue weighted by atomic mass is 9.69. The number of hydrogen-bond donors (Lipinski definition) is 1. The fourth-order valence-electron chi connectivity index (χ4n) is 4.31. The van der Waals surface area contributed by atoms with E-state index >= 15 is 0 Å². The average Bonchev–Trinajstić information content (AvgIpc) is 2.74. The van der Waals surface area contributed by atoms with E-state index in [-0.39, 0.29) is 17.8 Å². The van der Waals surface area contributed by atoms with Gasteiger partial charge in [0.1, 0.15) is 5.92 Å². The van der Waals surface area contributed by atoms with E-state index in [9.17, 15) is 14.4 Å². The number of benzene rings is 1. The van der Waals surface area contributed by atoms with Crippen LogP contribution in [0.4, 0.5) is 0 Å². The average molecular weight is 480 g/mol. The summed E-state index contributed by atoms with van der Waals surface area (Å²) >= 11 is 12.4. The lowest BCUT2D eigenvalue weighted by Crippen LogP contribution is -2.43. The standard InChI is InChI=1S/C24H27Cl2NO5/c1-6-12(3)32-24(30)19-13(4)27-17-9-11(2)18(23(29)31-5)22(28)21(17)20(19)14-7-8-15(25)16(26)10-14/h7-8,10-12,18,20,27H,6,9H2,1-5H3/t11-,12+,18-,20-/m1/s1. The molecule has 6 nitrogen and oxygen atoms in total. The highest BCUT2D eigenvalue weighted by atomic mass is 35.5. The lowest BCUT2D eigenvalue weighted by Gasteiger charge is -2.38. The Labute approximate surface area is 197 Å². The normalized spacial score (nSPS) is 24.0. The van der Waals surface area contributed by atoms with Gasteiger partial charge in [0, 0.05) is 22.9 Å². The van der Waals surface area contributed by atoms with Crippen molar-refractivity contribution in [1.29, 1.82) is 0 Å². The first-order valence-electron chi connectivity index (χ1n) is 10.6. The number of carbonyl (C=O) groups excluding carboxylic acids is 3. The molecule has 4 atom stereocenters. The van der Waals surface area contributed by atoms with Gasteiger partial charge in [0.25, 0.3) is 0 Å². The first-order valence-corrected chi connectivity index (χ1v) is 11.3. The van der Waals surface area contributed by atoms with Crippen molar-refractivity contribution in [1.82, 2.24) is 5.32 Å². The van der Waals surface area contributed by atoms with Gasteiger partial charge in [0.2, 0.25) is 0 Å². The third kappa shape index (κ3) is 4.44. The fraction of sp³-hybridized carbons (Fsp3) is 0.458. The van der Waals surface area contributed by atoms with Gasteiger partial charge in [-0.1, -0.05) is 43.1 Å². The minimum atomic E-state index is -0.948. The maximum Gasteiger partial charge on any atom is 0.337 e. The lowest BCUT2D eigenvalue weighted by molar-refractivity contribution is -0.151. The fourth-order valence-corrected chi connectivity index (χ4v) is 4.61. The van der Waals surface area contributed by atoms with Crippen molar-refractivity contribution < 1.29 is 23.9 Å². The molecular formula is C24H27Cl2NO5. The molecule has 1 aromatic rings. The topological polar surface area (TPSA) is 81.7 Å². The van der Waals surface area contributed by atoms with Crippen molar-refractivity contribution >= 4 is 40.9 Å². The molecule has 0 unspecified atom stereocenters. The van der Waals surface area contributed by atoms with Gasteiger partial charge >= 0.3 is 11.9 Å². The molecule has 172 valence electrons. The van der Waals surface area contributed by atoms with E-state index in [0.29, 0.717) is 51.0 Å². The van der Waals surface area contributed by atoms with Crippen LogP contribution in [0.15, 0.2) is 40.7 Å². The summed E-state index contributed by atoms with van der Waals surface area (Å²) in [6, 6.07) is 5.01. The van der Waals surface area contributed by atoms with E-state index in [1.165, 1.54) is 7.11 Å². The molecule has 0 amide bonds. The predicted octanol–water partition coefficient (Wildman–Crippen LogP) is 4.95. The van der Waals surface area contributed by atoms with Crippen LogP contribution >= 0.6 is 23.2 Å². The summed E-state index contributed by atoms with van der Waals surface area (Å²) in [5.74, 6) is -3.42. The molecule has 0 saturated heterocycles. The quantitative estimate of drug-likeness (QED) is 0.475. The number of methoxy groups -OCH3 is 1. The summed E-state index contributed by atoms with van der Waals surface area (Å²) in [4.78, 5) is 39.3. The molecule has 0 radical (unpaired) electrons.